The Hall–Kier alpha value is -1.82. The van der Waals surface area contributed by atoms with Gasteiger partial charge in [-0.05, 0) is 32.9 Å². The summed E-state index contributed by atoms with van der Waals surface area (Å²) in [6.07, 6.45) is -0.112. The summed E-state index contributed by atoms with van der Waals surface area (Å²) in [4.78, 5) is 12.8. The van der Waals surface area contributed by atoms with E-state index in [1.165, 1.54) is 0 Å². The molecule has 6 nitrogen and oxygen atoms in total. The minimum absolute atomic E-state index is 0.00602. The second-order valence-corrected chi connectivity index (χ2v) is 4.42. The molecule has 0 saturated heterocycles. The van der Waals surface area contributed by atoms with Gasteiger partial charge in [0.25, 0.3) is 0 Å². The van der Waals surface area contributed by atoms with Gasteiger partial charge in [-0.3, -0.25) is 10.1 Å². The molecular weight excluding hydrogens is 246 g/mol. The van der Waals surface area contributed by atoms with Gasteiger partial charge >= 0.3 is 5.69 Å². The number of anilines is 1. The molecule has 0 aliphatic heterocycles. The molecule has 0 unspecified atom stereocenters. The first-order valence-corrected chi connectivity index (χ1v) is 6.40. The van der Waals surface area contributed by atoms with E-state index < -0.39 is 4.92 Å². The fourth-order valence-electron chi connectivity index (χ4n) is 1.90. The summed E-state index contributed by atoms with van der Waals surface area (Å²) in [6.45, 7) is 7.29. The summed E-state index contributed by atoms with van der Waals surface area (Å²) in [6, 6.07) is 5.11. The van der Waals surface area contributed by atoms with Crippen LogP contribution < -0.4 is 15.4 Å². The van der Waals surface area contributed by atoms with Gasteiger partial charge < -0.3 is 15.4 Å². The third-order valence-electron chi connectivity index (χ3n) is 2.64. The number of nitro groups is 1. The van der Waals surface area contributed by atoms with Gasteiger partial charge in [0.2, 0.25) is 0 Å². The number of nitrogens with two attached hydrogens (primary N) is 1. The van der Waals surface area contributed by atoms with Crippen LogP contribution >= 0.6 is 0 Å². The quantitative estimate of drug-likeness (QED) is 0.604. The Morgan fingerprint density at radius 2 is 2.16 bits per heavy atom. The number of benzene rings is 1. The summed E-state index contributed by atoms with van der Waals surface area (Å²) in [5.74, 6) is 0.299. The zero-order valence-electron chi connectivity index (χ0n) is 11.6. The van der Waals surface area contributed by atoms with Crippen LogP contribution in [0, 0.1) is 10.1 Å². The minimum atomic E-state index is -0.397. The summed E-state index contributed by atoms with van der Waals surface area (Å²) in [5, 5.41) is 11.3. The predicted octanol–water partition coefficient (Wildman–Crippen LogP) is 2.17. The fraction of sp³-hybridized carbons (Fsp3) is 0.538. The lowest BCUT2D eigenvalue weighted by Gasteiger charge is -2.23. The van der Waals surface area contributed by atoms with Gasteiger partial charge in [0.05, 0.1) is 11.0 Å². The van der Waals surface area contributed by atoms with Crippen LogP contribution in [0.1, 0.15) is 20.8 Å². The van der Waals surface area contributed by atoms with E-state index in [1.54, 1.807) is 18.2 Å². The Balaban J connectivity index is 3.26. The molecule has 0 fully saturated rings. The molecule has 0 amide bonds. The van der Waals surface area contributed by atoms with Crippen molar-refractivity contribution in [3.63, 3.8) is 0 Å². The zero-order valence-corrected chi connectivity index (χ0v) is 11.6. The van der Waals surface area contributed by atoms with Gasteiger partial charge in [-0.2, -0.15) is 0 Å². The van der Waals surface area contributed by atoms with Gasteiger partial charge in [-0.25, -0.2) is 0 Å². The average molecular weight is 267 g/mol. The standard InChI is InChI=1S/C13H21N3O3/c1-4-15(9-8-14)11-6-5-7-12(19-10(2)3)13(11)16(17)18/h5-7,10H,4,8-9,14H2,1-3H3. The number of nitro benzene ring substituents is 1. The molecule has 0 aliphatic rings. The molecule has 0 aliphatic carbocycles. The van der Waals surface area contributed by atoms with Crippen LogP contribution in [0.5, 0.6) is 5.75 Å². The van der Waals surface area contributed by atoms with E-state index in [2.05, 4.69) is 0 Å². The Morgan fingerprint density at radius 1 is 1.47 bits per heavy atom. The SMILES string of the molecule is CCN(CCN)c1cccc(OC(C)C)c1[N+](=O)[O-]. The Morgan fingerprint density at radius 3 is 2.63 bits per heavy atom. The van der Waals surface area contributed by atoms with Crippen molar-refractivity contribution in [1.82, 2.24) is 0 Å². The molecule has 1 rings (SSSR count). The molecule has 0 saturated carbocycles. The van der Waals surface area contributed by atoms with Crippen molar-refractivity contribution in [3.05, 3.63) is 28.3 Å². The number of para-hydroxylation sites is 1. The lowest BCUT2D eigenvalue weighted by molar-refractivity contribution is -0.385. The zero-order chi connectivity index (χ0) is 14.4. The number of likely N-dealkylation sites (N-methyl/N-ethyl adjacent to an activating group) is 1. The Labute approximate surface area is 113 Å². The number of ether oxygens (including phenoxy) is 1. The van der Waals surface area contributed by atoms with Crippen molar-refractivity contribution < 1.29 is 9.66 Å². The lowest BCUT2D eigenvalue weighted by Crippen LogP contribution is -2.29. The van der Waals surface area contributed by atoms with Gasteiger partial charge in [0.15, 0.2) is 5.75 Å². The van der Waals surface area contributed by atoms with Crippen molar-refractivity contribution in [3.8, 4) is 5.75 Å². The molecule has 0 radical (unpaired) electrons. The minimum Gasteiger partial charge on any atom is -0.484 e. The van der Waals surface area contributed by atoms with Crippen molar-refractivity contribution in [1.29, 1.82) is 0 Å². The Kier molecular flexibility index (Phi) is 5.57. The molecule has 1 aromatic rings. The molecular formula is C13H21N3O3. The van der Waals surface area contributed by atoms with Crippen LogP contribution in [-0.4, -0.2) is 30.7 Å². The van der Waals surface area contributed by atoms with Crippen molar-refractivity contribution in [2.75, 3.05) is 24.5 Å². The largest absolute Gasteiger partial charge is 0.484 e. The summed E-state index contributed by atoms with van der Waals surface area (Å²) >= 11 is 0. The van der Waals surface area contributed by atoms with E-state index in [9.17, 15) is 10.1 Å². The monoisotopic (exact) mass is 267 g/mol. The van der Waals surface area contributed by atoms with Crippen molar-refractivity contribution in [2.24, 2.45) is 5.73 Å². The highest BCUT2D eigenvalue weighted by Crippen LogP contribution is 2.37. The predicted molar refractivity (Wildman–Crippen MR) is 75.8 cm³/mol. The van der Waals surface area contributed by atoms with Crippen LogP contribution in [0.15, 0.2) is 18.2 Å². The highest BCUT2D eigenvalue weighted by atomic mass is 16.6. The number of hydrogen-bond acceptors (Lipinski definition) is 5. The average Bonchev–Trinajstić information content (AvgIpc) is 2.34. The molecule has 0 atom stereocenters. The second-order valence-electron chi connectivity index (χ2n) is 4.42. The summed E-state index contributed by atoms with van der Waals surface area (Å²) in [7, 11) is 0. The van der Waals surface area contributed by atoms with E-state index in [0.29, 0.717) is 31.1 Å². The summed E-state index contributed by atoms with van der Waals surface area (Å²) in [5.41, 5.74) is 6.10. The van der Waals surface area contributed by atoms with E-state index in [-0.39, 0.29) is 11.8 Å². The number of hydrogen-bond donors (Lipinski definition) is 1. The van der Waals surface area contributed by atoms with Gasteiger partial charge in [0.1, 0.15) is 5.69 Å². The highest BCUT2D eigenvalue weighted by Gasteiger charge is 2.24. The molecule has 0 bridgehead atoms. The molecule has 1 aromatic carbocycles. The van der Waals surface area contributed by atoms with Crippen LogP contribution in [-0.2, 0) is 0 Å². The normalized spacial score (nSPS) is 10.6. The molecule has 0 heterocycles. The third-order valence-corrected chi connectivity index (χ3v) is 2.64. The smallest absolute Gasteiger partial charge is 0.333 e. The van der Waals surface area contributed by atoms with Crippen LogP contribution in [0.2, 0.25) is 0 Å². The molecule has 106 valence electrons. The van der Waals surface area contributed by atoms with Gasteiger partial charge in [-0.15, -0.1) is 0 Å². The van der Waals surface area contributed by atoms with E-state index in [0.717, 1.165) is 0 Å². The maximum Gasteiger partial charge on any atom is 0.333 e. The van der Waals surface area contributed by atoms with E-state index in [1.807, 2.05) is 25.7 Å². The summed E-state index contributed by atoms with van der Waals surface area (Å²) < 4.78 is 5.52. The van der Waals surface area contributed by atoms with Crippen LogP contribution in [0.4, 0.5) is 11.4 Å². The Bertz CT molecular complexity index is 435. The first-order valence-electron chi connectivity index (χ1n) is 6.40. The highest BCUT2D eigenvalue weighted by molar-refractivity contribution is 5.69. The topological polar surface area (TPSA) is 81.6 Å². The third kappa shape index (κ3) is 3.82. The molecule has 2 N–H and O–H groups in total. The number of rotatable bonds is 7. The fourth-order valence-corrected chi connectivity index (χ4v) is 1.90. The first kappa shape index (κ1) is 15.2. The van der Waals surface area contributed by atoms with Crippen LogP contribution in [0.3, 0.4) is 0 Å². The lowest BCUT2D eigenvalue weighted by atomic mass is 10.2. The maximum absolute atomic E-state index is 11.3. The molecule has 6 heteroatoms. The van der Waals surface area contributed by atoms with Crippen molar-refractivity contribution >= 4 is 11.4 Å². The molecule has 0 spiro atoms. The molecule has 0 aromatic heterocycles. The second kappa shape index (κ2) is 6.94. The number of nitrogens with zero attached hydrogens (tertiary/aromatic N) is 2. The van der Waals surface area contributed by atoms with Crippen LogP contribution in [0.25, 0.3) is 0 Å². The van der Waals surface area contributed by atoms with E-state index in [4.69, 9.17) is 10.5 Å². The molecule has 19 heavy (non-hydrogen) atoms. The first-order chi connectivity index (χ1) is 9.01. The van der Waals surface area contributed by atoms with Gasteiger partial charge in [-0.1, -0.05) is 6.07 Å². The maximum atomic E-state index is 11.3. The van der Waals surface area contributed by atoms with E-state index >= 15 is 0 Å². The van der Waals surface area contributed by atoms with Crippen molar-refractivity contribution in [2.45, 2.75) is 26.9 Å². The van der Waals surface area contributed by atoms with Gasteiger partial charge in [0, 0.05) is 19.6 Å².